The van der Waals surface area contributed by atoms with Crippen molar-refractivity contribution in [2.45, 2.75) is 26.7 Å². The van der Waals surface area contributed by atoms with Crippen molar-refractivity contribution in [3.63, 3.8) is 0 Å². The molecule has 0 aromatic carbocycles. The third-order valence-electron chi connectivity index (χ3n) is 2.54. The van der Waals surface area contributed by atoms with Crippen molar-refractivity contribution < 1.29 is 13.9 Å². The van der Waals surface area contributed by atoms with Crippen LogP contribution in [-0.4, -0.2) is 33.2 Å². The summed E-state index contributed by atoms with van der Waals surface area (Å²) in [5, 5.41) is 8.00. The fourth-order valence-corrected chi connectivity index (χ4v) is 1.75. The Morgan fingerprint density at radius 1 is 1.25 bits per heavy atom. The molecule has 0 spiro atoms. The molecule has 0 unspecified atom stereocenters. The number of nitrogens with zero attached hydrogens (tertiary/aromatic N) is 4. The molecule has 2 aromatic rings. The second-order valence-electron chi connectivity index (χ2n) is 4.10. The van der Waals surface area contributed by atoms with Crippen LogP contribution >= 0.6 is 0 Å². The standard InChI is InChI=1S/C13H17FN4O2/c1-3-19-13(20-4-2)12-9-18(17-16-12)8-10-5-11(14)7-15-6-10/h5-7,9,13H,3-4,8H2,1-2H3. The number of hydrogen-bond donors (Lipinski definition) is 0. The monoisotopic (exact) mass is 280 g/mol. The van der Waals surface area contributed by atoms with Crippen LogP contribution in [0.15, 0.2) is 24.7 Å². The molecular weight excluding hydrogens is 263 g/mol. The van der Waals surface area contributed by atoms with E-state index >= 15 is 0 Å². The molecule has 6 nitrogen and oxygen atoms in total. The lowest BCUT2D eigenvalue weighted by molar-refractivity contribution is -0.142. The van der Waals surface area contributed by atoms with Gasteiger partial charge in [0.25, 0.3) is 0 Å². The van der Waals surface area contributed by atoms with Crippen molar-refractivity contribution >= 4 is 0 Å². The number of pyridine rings is 1. The van der Waals surface area contributed by atoms with Gasteiger partial charge in [-0.1, -0.05) is 5.21 Å². The molecule has 2 heterocycles. The van der Waals surface area contributed by atoms with Gasteiger partial charge in [-0.2, -0.15) is 0 Å². The molecule has 0 saturated carbocycles. The molecule has 0 bridgehead atoms. The van der Waals surface area contributed by atoms with E-state index < -0.39 is 6.29 Å². The van der Waals surface area contributed by atoms with Gasteiger partial charge < -0.3 is 9.47 Å². The summed E-state index contributed by atoms with van der Waals surface area (Å²) >= 11 is 0. The first-order chi connectivity index (χ1) is 9.72. The average molecular weight is 280 g/mol. The van der Waals surface area contributed by atoms with Crippen LogP contribution in [0.25, 0.3) is 0 Å². The maximum atomic E-state index is 13.1. The van der Waals surface area contributed by atoms with E-state index in [0.717, 1.165) is 6.20 Å². The van der Waals surface area contributed by atoms with Crippen molar-refractivity contribution in [3.05, 3.63) is 41.7 Å². The lowest BCUT2D eigenvalue weighted by Crippen LogP contribution is -2.09. The Balaban J connectivity index is 2.07. The highest BCUT2D eigenvalue weighted by Crippen LogP contribution is 2.16. The van der Waals surface area contributed by atoms with Crippen molar-refractivity contribution in [1.29, 1.82) is 0 Å². The zero-order chi connectivity index (χ0) is 14.4. The summed E-state index contributed by atoms with van der Waals surface area (Å²) in [7, 11) is 0. The first kappa shape index (κ1) is 14.5. The molecular formula is C13H17FN4O2. The highest BCUT2D eigenvalue weighted by molar-refractivity contribution is 5.10. The average Bonchev–Trinajstić information content (AvgIpc) is 2.87. The number of ether oxygens (including phenoxy) is 2. The third kappa shape index (κ3) is 3.82. The minimum Gasteiger partial charge on any atom is -0.347 e. The minimum absolute atomic E-state index is 0.371. The summed E-state index contributed by atoms with van der Waals surface area (Å²) in [6.07, 6.45) is 3.95. The van der Waals surface area contributed by atoms with Gasteiger partial charge in [0.05, 0.1) is 18.9 Å². The van der Waals surface area contributed by atoms with Gasteiger partial charge >= 0.3 is 0 Å². The van der Waals surface area contributed by atoms with E-state index in [1.54, 1.807) is 17.1 Å². The summed E-state index contributed by atoms with van der Waals surface area (Å²) in [4.78, 5) is 3.80. The predicted octanol–water partition coefficient (Wildman–Crippen LogP) is 1.93. The predicted molar refractivity (Wildman–Crippen MR) is 69.3 cm³/mol. The lowest BCUT2D eigenvalue weighted by atomic mass is 10.3. The van der Waals surface area contributed by atoms with E-state index in [-0.39, 0.29) is 5.82 Å². The van der Waals surface area contributed by atoms with E-state index in [1.807, 2.05) is 13.8 Å². The zero-order valence-corrected chi connectivity index (χ0v) is 11.5. The van der Waals surface area contributed by atoms with Crippen LogP contribution in [0.4, 0.5) is 4.39 Å². The molecule has 2 aromatic heterocycles. The molecule has 0 radical (unpaired) electrons. The Hall–Kier alpha value is -1.86. The number of hydrogen-bond acceptors (Lipinski definition) is 5. The normalized spacial score (nSPS) is 11.2. The van der Waals surface area contributed by atoms with Crippen LogP contribution in [0.2, 0.25) is 0 Å². The molecule has 0 amide bonds. The van der Waals surface area contributed by atoms with Gasteiger partial charge in [-0.05, 0) is 25.5 Å². The Labute approximate surface area is 116 Å². The van der Waals surface area contributed by atoms with Crippen molar-refractivity contribution in [3.8, 4) is 0 Å². The van der Waals surface area contributed by atoms with Crippen molar-refractivity contribution in [2.75, 3.05) is 13.2 Å². The number of rotatable bonds is 7. The molecule has 0 atom stereocenters. The Kier molecular flexibility index (Phi) is 5.14. The Morgan fingerprint density at radius 2 is 2.00 bits per heavy atom. The van der Waals surface area contributed by atoms with E-state index in [0.29, 0.717) is 31.0 Å². The SMILES string of the molecule is CCOC(OCC)c1cn(Cc2cncc(F)c2)nn1. The molecule has 0 saturated heterocycles. The quantitative estimate of drug-likeness (QED) is 0.725. The van der Waals surface area contributed by atoms with Gasteiger partial charge in [0, 0.05) is 19.4 Å². The molecule has 0 aliphatic rings. The largest absolute Gasteiger partial charge is 0.347 e. The number of halogens is 1. The molecule has 7 heteroatoms. The summed E-state index contributed by atoms with van der Waals surface area (Å²) in [6.45, 7) is 5.20. The molecule has 0 N–H and O–H groups in total. The zero-order valence-electron chi connectivity index (χ0n) is 11.5. The maximum Gasteiger partial charge on any atom is 0.204 e. The van der Waals surface area contributed by atoms with Crippen molar-refractivity contribution in [1.82, 2.24) is 20.0 Å². The first-order valence-electron chi connectivity index (χ1n) is 6.45. The second kappa shape index (κ2) is 7.06. The molecule has 2 rings (SSSR count). The van der Waals surface area contributed by atoms with E-state index in [4.69, 9.17) is 9.47 Å². The van der Waals surface area contributed by atoms with E-state index in [1.165, 1.54) is 6.07 Å². The molecule has 0 fully saturated rings. The Morgan fingerprint density at radius 3 is 2.65 bits per heavy atom. The van der Waals surface area contributed by atoms with E-state index in [2.05, 4.69) is 15.3 Å². The second-order valence-corrected chi connectivity index (χ2v) is 4.10. The van der Waals surface area contributed by atoms with Crippen LogP contribution < -0.4 is 0 Å². The third-order valence-corrected chi connectivity index (χ3v) is 2.54. The molecule has 108 valence electrons. The highest BCUT2D eigenvalue weighted by Gasteiger charge is 2.15. The smallest absolute Gasteiger partial charge is 0.204 e. The Bertz CT molecular complexity index is 541. The van der Waals surface area contributed by atoms with Crippen molar-refractivity contribution in [2.24, 2.45) is 0 Å². The van der Waals surface area contributed by atoms with Crippen LogP contribution in [0.3, 0.4) is 0 Å². The first-order valence-corrected chi connectivity index (χ1v) is 6.45. The van der Waals surface area contributed by atoms with Crippen LogP contribution in [0.5, 0.6) is 0 Å². The van der Waals surface area contributed by atoms with Crippen LogP contribution in [-0.2, 0) is 16.0 Å². The maximum absolute atomic E-state index is 13.1. The van der Waals surface area contributed by atoms with Gasteiger partial charge in [-0.15, -0.1) is 5.10 Å². The van der Waals surface area contributed by atoms with E-state index in [9.17, 15) is 4.39 Å². The summed E-state index contributed by atoms with van der Waals surface area (Å²) in [6, 6.07) is 1.41. The summed E-state index contributed by atoms with van der Waals surface area (Å²) < 4.78 is 25.5. The van der Waals surface area contributed by atoms with Gasteiger partial charge in [0.1, 0.15) is 11.5 Å². The topological polar surface area (TPSA) is 62.1 Å². The van der Waals surface area contributed by atoms with Crippen LogP contribution in [0.1, 0.15) is 31.4 Å². The van der Waals surface area contributed by atoms with Gasteiger partial charge in [-0.3, -0.25) is 4.98 Å². The lowest BCUT2D eigenvalue weighted by Gasteiger charge is -2.13. The molecule has 20 heavy (non-hydrogen) atoms. The number of aromatic nitrogens is 4. The van der Waals surface area contributed by atoms with Gasteiger partial charge in [0.2, 0.25) is 6.29 Å². The summed E-state index contributed by atoms with van der Waals surface area (Å²) in [5.74, 6) is -0.371. The van der Waals surface area contributed by atoms with Crippen LogP contribution in [0, 0.1) is 5.82 Å². The summed E-state index contributed by atoms with van der Waals surface area (Å²) in [5.41, 5.74) is 1.31. The highest BCUT2D eigenvalue weighted by atomic mass is 19.1. The van der Waals surface area contributed by atoms with Gasteiger partial charge in [-0.25, -0.2) is 9.07 Å². The fraction of sp³-hybridized carbons (Fsp3) is 0.462. The molecule has 0 aliphatic heterocycles. The minimum atomic E-state index is -0.524. The van der Waals surface area contributed by atoms with Gasteiger partial charge in [0.15, 0.2) is 0 Å². The fourth-order valence-electron chi connectivity index (χ4n) is 1.75. The molecule has 0 aliphatic carbocycles.